The highest BCUT2D eigenvalue weighted by Crippen LogP contribution is 2.45. The predicted molar refractivity (Wildman–Crippen MR) is 74.1 cm³/mol. The Bertz CT molecular complexity index is 398. The van der Waals surface area contributed by atoms with Crippen LogP contribution in [0.2, 0.25) is 0 Å². The van der Waals surface area contributed by atoms with Gasteiger partial charge in [-0.15, -0.1) is 11.6 Å². The summed E-state index contributed by atoms with van der Waals surface area (Å²) >= 11 is 23.3. The first-order chi connectivity index (χ1) is 8.77. The molecular formula is C11H13Cl4NO3. The van der Waals surface area contributed by atoms with Crippen molar-refractivity contribution in [3.63, 3.8) is 0 Å². The molecule has 2 rings (SSSR count). The third-order valence-corrected chi connectivity index (χ3v) is 4.80. The summed E-state index contributed by atoms with van der Waals surface area (Å²) in [6, 6.07) is -0.463. The molecule has 0 aliphatic carbocycles. The number of halogens is 4. The summed E-state index contributed by atoms with van der Waals surface area (Å²) in [5.41, 5.74) is 0. The van der Waals surface area contributed by atoms with Gasteiger partial charge in [-0.05, 0) is 19.3 Å². The number of ether oxygens (including phenoxy) is 1. The Morgan fingerprint density at radius 2 is 1.89 bits per heavy atom. The summed E-state index contributed by atoms with van der Waals surface area (Å²) in [5.74, 6) is -1.07. The van der Waals surface area contributed by atoms with Gasteiger partial charge in [0.1, 0.15) is 0 Å². The molecule has 8 heteroatoms. The fourth-order valence-corrected chi connectivity index (χ4v) is 3.97. The molecule has 0 aromatic rings. The van der Waals surface area contributed by atoms with E-state index in [0.29, 0.717) is 19.3 Å². The van der Waals surface area contributed by atoms with Crippen molar-refractivity contribution in [2.75, 3.05) is 7.11 Å². The van der Waals surface area contributed by atoms with E-state index in [9.17, 15) is 9.59 Å². The predicted octanol–water partition coefficient (Wildman–Crippen LogP) is 3.15. The molecule has 4 unspecified atom stereocenters. The molecule has 2 aliphatic heterocycles. The maximum atomic E-state index is 12.2. The highest BCUT2D eigenvalue weighted by atomic mass is 35.6. The van der Waals surface area contributed by atoms with Crippen molar-refractivity contribution in [2.45, 2.75) is 40.5 Å². The summed E-state index contributed by atoms with van der Waals surface area (Å²) in [7, 11) is 1.30. The van der Waals surface area contributed by atoms with Gasteiger partial charge in [0.05, 0.1) is 18.5 Å². The first kappa shape index (κ1) is 15.5. The van der Waals surface area contributed by atoms with Crippen LogP contribution in [0.3, 0.4) is 0 Å². The van der Waals surface area contributed by atoms with Crippen LogP contribution in [-0.4, -0.2) is 45.1 Å². The number of hydrogen-bond donors (Lipinski definition) is 0. The third kappa shape index (κ3) is 2.78. The number of carbonyl (C=O) groups excluding carboxylic acids is 2. The number of rotatable bonds is 1. The van der Waals surface area contributed by atoms with Gasteiger partial charge in [0.25, 0.3) is 0 Å². The van der Waals surface area contributed by atoms with Crippen LogP contribution in [0.5, 0.6) is 0 Å². The number of Topliss-reactive ketones (excluding diaryl/α,β-unsaturated/α-hetero) is 1. The van der Waals surface area contributed by atoms with Gasteiger partial charge in [0.15, 0.2) is 5.78 Å². The highest BCUT2D eigenvalue weighted by molar-refractivity contribution is 6.76. The molecule has 2 heterocycles. The summed E-state index contributed by atoms with van der Waals surface area (Å²) in [5, 5.41) is -0.326. The second kappa shape index (κ2) is 5.47. The molecule has 1 amide bonds. The Hall–Kier alpha value is 0.1000. The normalized spacial score (nSPS) is 34.3. The van der Waals surface area contributed by atoms with Crippen molar-refractivity contribution < 1.29 is 14.3 Å². The summed E-state index contributed by atoms with van der Waals surface area (Å²) < 4.78 is 2.76. The Morgan fingerprint density at radius 1 is 1.26 bits per heavy atom. The average molecular weight is 349 g/mol. The van der Waals surface area contributed by atoms with E-state index in [1.807, 2.05) is 0 Å². The zero-order valence-electron chi connectivity index (χ0n) is 10.1. The first-order valence-electron chi connectivity index (χ1n) is 5.88. The zero-order chi connectivity index (χ0) is 14.4. The van der Waals surface area contributed by atoms with Crippen molar-refractivity contribution in [1.29, 1.82) is 0 Å². The van der Waals surface area contributed by atoms with Crippen LogP contribution >= 0.6 is 46.4 Å². The van der Waals surface area contributed by atoms with E-state index in [-0.39, 0.29) is 11.4 Å². The zero-order valence-corrected chi connectivity index (χ0v) is 13.1. The lowest BCUT2D eigenvalue weighted by Crippen LogP contribution is -2.53. The number of nitrogens with zero attached hydrogens (tertiary/aromatic N) is 1. The van der Waals surface area contributed by atoms with Crippen molar-refractivity contribution in [1.82, 2.24) is 4.90 Å². The van der Waals surface area contributed by atoms with Crippen molar-refractivity contribution in [3.05, 3.63) is 0 Å². The van der Waals surface area contributed by atoms with E-state index >= 15 is 0 Å². The van der Waals surface area contributed by atoms with Gasteiger partial charge < -0.3 is 4.74 Å². The molecule has 4 nitrogen and oxygen atoms in total. The topological polar surface area (TPSA) is 46.6 Å². The standard InChI is InChI=1S/C11H13Cl4NO3/c1-19-10(18)16-5-2-3-6(8(16)7(12)4-5)9(17)11(13,14)15/h5-8H,2-4H2,1H3. The van der Waals surface area contributed by atoms with Crippen molar-refractivity contribution in [3.8, 4) is 0 Å². The van der Waals surface area contributed by atoms with Crippen molar-refractivity contribution >= 4 is 58.3 Å². The van der Waals surface area contributed by atoms with E-state index < -0.39 is 27.6 Å². The summed E-state index contributed by atoms with van der Waals surface area (Å²) in [6.07, 6.45) is 1.37. The van der Waals surface area contributed by atoms with E-state index in [0.717, 1.165) is 0 Å². The fraction of sp³-hybridized carbons (Fsp3) is 0.818. The fourth-order valence-electron chi connectivity index (χ4n) is 3.05. The van der Waals surface area contributed by atoms with E-state index in [4.69, 9.17) is 51.1 Å². The second-order valence-corrected chi connectivity index (χ2v) is 7.66. The second-order valence-electron chi connectivity index (χ2n) is 4.82. The molecule has 2 bridgehead atoms. The quantitative estimate of drug-likeness (QED) is 0.684. The van der Waals surface area contributed by atoms with Crippen LogP contribution in [0.1, 0.15) is 19.3 Å². The molecule has 2 saturated heterocycles. The van der Waals surface area contributed by atoms with Gasteiger partial charge in [-0.1, -0.05) is 34.8 Å². The number of methoxy groups -OCH3 is 1. The molecule has 108 valence electrons. The number of hydrogen-bond acceptors (Lipinski definition) is 3. The monoisotopic (exact) mass is 347 g/mol. The highest BCUT2D eigenvalue weighted by Gasteiger charge is 2.55. The molecule has 0 aromatic heterocycles. The van der Waals surface area contributed by atoms with Crippen LogP contribution in [0.25, 0.3) is 0 Å². The van der Waals surface area contributed by atoms with Gasteiger partial charge in [-0.25, -0.2) is 4.79 Å². The lowest BCUT2D eigenvalue weighted by Gasteiger charge is -2.39. The summed E-state index contributed by atoms with van der Waals surface area (Å²) in [4.78, 5) is 25.5. The van der Waals surface area contributed by atoms with Gasteiger partial charge in [-0.3, -0.25) is 9.69 Å². The Kier molecular flexibility index (Phi) is 4.46. The minimum absolute atomic E-state index is 0.000577. The van der Waals surface area contributed by atoms with Crippen LogP contribution < -0.4 is 0 Å². The molecule has 2 fully saturated rings. The van der Waals surface area contributed by atoms with Gasteiger partial charge in [0, 0.05) is 12.0 Å². The van der Waals surface area contributed by atoms with E-state index in [1.165, 1.54) is 12.0 Å². The van der Waals surface area contributed by atoms with Gasteiger partial charge in [0.2, 0.25) is 3.79 Å². The molecule has 0 radical (unpaired) electrons. The van der Waals surface area contributed by atoms with Gasteiger partial charge >= 0.3 is 6.09 Å². The van der Waals surface area contributed by atoms with E-state index in [1.54, 1.807) is 0 Å². The summed E-state index contributed by atoms with van der Waals surface area (Å²) in [6.45, 7) is 0. The largest absolute Gasteiger partial charge is 0.453 e. The van der Waals surface area contributed by atoms with Crippen molar-refractivity contribution in [2.24, 2.45) is 5.92 Å². The van der Waals surface area contributed by atoms with Crippen LogP contribution in [-0.2, 0) is 9.53 Å². The molecule has 19 heavy (non-hydrogen) atoms. The molecule has 0 saturated carbocycles. The molecular weight excluding hydrogens is 336 g/mol. The number of alkyl halides is 4. The first-order valence-corrected chi connectivity index (χ1v) is 7.45. The van der Waals surface area contributed by atoms with Crippen LogP contribution in [0.15, 0.2) is 0 Å². The lowest BCUT2D eigenvalue weighted by molar-refractivity contribution is -0.125. The maximum Gasteiger partial charge on any atom is 0.410 e. The number of piperidine rings is 1. The van der Waals surface area contributed by atoms with Gasteiger partial charge in [-0.2, -0.15) is 0 Å². The number of fused-ring (bicyclic) bond motifs is 2. The number of amides is 1. The smallest absolute Gasteiger partial charge is 0.410 e. The third-order valence-electron chi connectivity index (χ3n) is 3.81. The van der Waals surface area contributed by atoms with E-state index in [2.05, 4.69) is 0 Å². The van der Waals surface area contributed by atoms with Crippen LogP contribution in [0.4, 0.5) is 4.79 Å². The Balaban J connectivity index is 2.28. The minimum atomic E-state index is -1.99. The minimum Gasteiger partial charge on any atom is -0.453 e. The molecule has 0 N–H and O–H groups in total. The molecule has 4 atom stereocenters. The molecule has 0 aromatic carbocycles. The average Bonchev–Trinajstić information content (AvgIpc) is 2.56. The molecule has 0 spiro atoms. The maximum absolute atomic E-state index is 12.2. The molecule has 2 aliphatic rings. The Morgan fingerprint density at radius 3 is 2.42 bits per heavy atom. The number of ketones is 1. The van der Waals surface area contributed by atoms with Crippen LogP contribution in [0, 0.1) is 5.92 Å². The Labute approximate surface area is 131 Å². The SMILES string of the molecule is COC(=O)N1C2CCC(C(=O)C(Cl)(Cl)Cl)C1C(Cl)C2. The lowest BCUT2D eigenvalue weighted by atomic mass is 9.87. The number of carbonyl (C=O) groups is 2.